The maximum atomic E-state index is 10.9. The van der Waals surface area contributed by atoms with E-state index in [1.807, 2.05) is 42.5 Å². The van der Waals surface area contributed by atoms with Crippen LogP contribution in [0.1, 0.15) is 40.9 Å². The quantitative estimate of drug-likeness (QED) is 0.207. The molecule has 0 fully saturated rings. The van der Waals surface area contributed by atoms with Crippen molar-refractivity contribution in [2.45, 2.75) is 19.3 Å². The predicted octanol–water partition coefficient (Wildman–Crippen LogP) is 6.93. The highest BCUT2D eigenvalue weighted by Crippen LogP contribution is 2.26. The highest BCUT2D eigenvalue weighted by atomic mass is 79.9. The Bertz CT molecular complexity index is 1400. The lowest BCUT2D eigenvalue weighted by molar-refractivity contribution is 0.100. The van der Waals surface area contributed by atoms with Crippen molar-refractivity contribution in [1.29, 1.82) is 5.26 Å². The van der Waals surface area contributed by atoms with Gasteiger partial charge in [0.15, 0.2) is 0 Å². The van der Waals surface area contributed by atoms with Gasteiger partial charge in [-0.3, -0.25) is 4.79 Å². The van der Waals surface area contributed by atoms with Crippen LogP contribution in [-0.2, 0) is 5.41 Å². The number of halogens is 2. The zero-order valence-electron chi connectivity index (χ0n) is 19.4. The predicted molar refractivity (Wildman–Crippen MR) is 146 cm³/mol. The summed E-state index contributed by atoms with van der Waals surface area (Å²) in [5.74, 6) is -0.513. The van der Waals surface area contributed by atoms with E-state index in [4.69, 9.17) is 27.5 Å². The van der Waals surface area contributed by atoms with Gasteiger partial charge in [-0.25, -0.2) is 0 Å². The molecule has 7 heteroatoms. The summed E-state index contributed by atoms with van der Waals surface area (Å²) in [5, 5.41) is 10.6. The van der Waals surface area contributed by atoms with Gasteiger partial charge < -0.3 is 15.9 Å². The fourth-order valence-corrected chi connectivity index (χ4v) is 3.75. The number of nitriles is 1. The summed E-state index contributed by atoms with van der Waals surface area (Å²) in [7, 11) is 0. The molecule has 5 nitrogen and oxygen atoms in total. The van der Waals surface area contributed by atoms with Gasteiger partial charge in [0.2, 0.25) is 0 Å². The van der Waals surface area contributed by atoms with Gasteiger partial charge in [-0.05, 0) is 53.1 Å². The van der Waals surface area contributed by atoms with E-state index >= 15 is 0 Å². The van der Waals surface area contributed by atoms with Gasteiger partial charge in [0.05, 0.1) is 17.2 Å². The number of benzene rings is 3. The molecule has 0 saturated heterocycles. The van der Waals surface area contributed by atoms with Crippen LogP contribution in [0, 0.1) is 11.3 Å². The second-order valence-corrected chi connectivity index (χ2v) is 9.89. The number of allylic oxidation sites excluding steroid dienone is 1. The van der Waals surface area contributed by atoms with E-state index in [1.54, 1.807) is 18.2 Å². The van der Waals surface area contributed by atoms with Crippen molar-refractivity contribution in [2.24, 2.45) is 11.5 Å². The van der Waals surface area contributed by atoms with Crippen molar-refractivity contribution >= 4 is 56.1 Å². The van der Waals surface area contributed by atoms with E-state index in [-0.39, 0.29) is 5.41 Å². The molecule has 4 aromatic rings. The van der Waals surface area contributed by atoms with Gasteiger partial charge in [-0.2, -0.15) is 5.26 Å². The number of hydrogen-bond donors (Lipinski definition) is 2. The number of carbonyl (C=O) groups is 1. The van der Waals surface area contributed by atoms with Crippen molar-refractivity contribution in [3.63, 3.8) is 0 Å². The first-order valence-electron chi connectivity index (χ1n) is 10.8. The third-order valence-electron chi connectivity index (χ3n) is 5.59. The van der Waals surface area contributed by atoms with Crippen LogP contribution in [0.4, 0.5) is 0 Å². The molecule has 0 aliphatic heterocycles. The first-order valence-corrected chi connectivity index (χ1v) is 12.0. The maximum Gasteiger partial charge on any atom is 0.252 e. The molecule has 3 aromatic carbocycles. The summed E-state index contributed by atoms with van der Waals surface area (Å²) in [6.07, 6.45) is 3.23. The fraction of sp³-hybridized carbons (Fsp3) is 0.143. The van der Waals surface area contributed by atoms with Crippen LogP contribution in [0.15, 0.2) is 81.9 Å². The van der Waals surface area contributed by atoms with Gasteiger partial charge in [-0.15, -0.1) is 0 Å². The number of hydrogen-bond acceptors (Lipinski definition) is 4. The van der Waals surface area contributed by atoms with Gasteiger partial charge >= 0.3 is 0 Å². The third kappa shape index (κ3) is 6.61. The van der Waals surface area contributed by atoms with Gasteiger partial charge in [0.1, 0.15) is 11.8 Å². The van der Waals surface area contributed by atoms with Crippen molar-refractivity contribution in [3.8, 4) is 6.07 Å². The Morgan fingerprint density at radius 2 is 1.77 bits per heavy atom. The second kappa shape index (κ2) is 11.4. The fourth-order valence-electron chi connectivity index (χ4n) is 3.32. The molecule has 4 rings (SSSR count). The van der Waals surface area contributed by atoms with Crippen molar-refractivity contribution in [1.82, 2.24) is 0 Å². The summed E-state index contributed by atoms with van der Waals surface area (Å²) in [6, 6.07) is 23.3. The molecule has 1 amide bonds. The molecule has 1 aromatic heterocycles. The summed E-state index contributed by atoms with van der Waals surface area (Å²) in [6.45, 7) is 4.82. The van der Waals surface area contributed by atoms with E-state index in [2.05, 4.69) is 48.0 Å². The summed E-state index contributed by atoms with van der Waals surface area (Å²) in [5.41, 5.74) is 15.6. The number of primary amides is 1. The standard InChI is InChI=1S/C19H19BrN2.C9H6ClNO2/c1-19(2,13-22)17-7-5-15(6-8-17)16(12-21)11-14-3-9-18(20)10-4-14;10-5-1-2-8-6(3-5)7(4-13-8)9(11)12/h3-11H,13,22H2,1-2H3;1-4H,(H2,11,12)/b16-11+;. The molecule has 0 spiro atoms. The molecular formula is C28H25BrClN3O2. The van der Waals surface area contributed by atoms with Gasteiger partial charge in [-0.1, -0.05) is 77.8 Å². The molecule has 0 bridgehead atoms. The number of furan rings is 1. The topological polar surface area (TPSA) is 106 Å². The summed E-state index contributed by atoms with van der Waals surface area (Å²) in [4.78, 5) is 10.9. The molecule has 0 aliphatic rings. The van der Waals surface area contributed by atoms with Crippen LogP contribution in [0.5, 0.6) is 0 Å². The minimum atomic E-state index is -0.513. The van der Waals surface area contributed by atoms with Crippen molar-refractivity contribution < 1.29 is 9.21 Å². The lowest BCUT2D eigenvalue weighted by Gasteiger charge is -2.23. The van der Waals surface area contributed by atoms with Crippen molar-refractivity contribution in [2.75, 3.05) is 6.54 Å². The molecule has 35 heavy (non-hydrogen) atoms. The number of fused-ring (bicyclic) bond motifs is 1. The third-order valence-corrected chi connectivity index (χ3v) is 6.35. The first kappa shape index (κ1) is 26.2. The molecule has 0 aliphatic carbocycles. The zero-order chi connectivity index (χ0) is 25.6. The molecule has 0 atom stereocenters. The largest absolute Gasteiger partial charge is 0.463 e. The minimum absolute atomic E-state index is 0.0548. The Hall–Kier alpha value is -3.37. The number of carbonyl (C=O) groups excluding carboxylic acids is 1. The molecule has 1 heterocycles. The Labute approximate surface area is 218 Å². The molecule has 0 unspecified atom stereocenters. The van der Waals surface area contributed by atoms with Gasteiger partial charge in [0, 0.05) is 26.8 Å². The number of nitrogens with two attached hydrogens (primary N) is 2. The van der Waals surface area contributed by atoms with E-state index in [1.165, 1.54) is 11.8 Å². The van der Waals surface area contributed by atoms with E-state index < -0.39 is 5.91 Å². The first-order chi connectivity index (χ1) is 16.6. The molecular weight excluding hydrogens is 526 g/mol. The molecule has 178 valence electrons. The number of nitrogens with zero attached hydrogens (tertiary/aromatic N) is 1. The Kier molecular flexibility index (Phi) is 8.52. The lowest BCUT2D eigenvalue weighted by Crippen LogP contribution is -2.27. The Morgan fingerprint density at radius 3 is 2.34 bits per heavy atom. The smallest absolute Gasteiger partial charge is 0.252 e. The summed E-state index contributed by atoms with van der Waals surface area (Å²) < 4.78 is 6.13. The summed E-state index contributed by atoms with van der Waals surface area (Å²) >= 11 is 9.17. The SMILES string of the molecule is CC(C)(CN)c1ccc(/C(C#N)=C/c2ccc(Br)cc2)cc1.NC(=O)c1coc2ccc(Cl)cc12. The minimum Gasteiger partial charge on any atom is -0.463 e. The van der Waals surface area contributed by atoms with Crippen LogP contribution in [0.3, 0.4) is 0 Å². The van der Waals surface area contributed by atoms with Crippen LogP contribution in [-0.4, -0.2) is 12.5 Å². The molecule has 0 saturated carbocycles. The van der Waals surface area contributed by atoms with Crippen LogP contribution in [0.2, 0.25) is 5.02 Å². The van der Waals surface area contributed by atoms with E-state index in [0.29, 0.717) is 33.7 Å². The maximum absolute atomic E-state index is 10.9. The lowest BCUT2D eigenvalue weighted by atomic mass is 9.84. The van der Waals surface area contributed by atoms with Crippen molar-refractivity contribution in [3.05, 3.63) is 105 Å². The Balaban J connectivity index is 0.000000223. The average molecular weight is 551 g/mol. The number of rotatable bonds is 5. The Morgan fingerprint density at radius 1 is 1.11 bits per heavy atom. The second-order valence-electron chi connectivity index (χ2n) is 8.54. The van der Waals surface area contributed by atoms with E-state index in [0.717, 1.165) is 15.6 Å². The zero-order valence-corrected chi connectivity index (χ0v) is 21.7. The monoisotopic (exact) mass is 549 g/mol. The highest BCUT2D eigenvalue weighted by Gasteiger charge is 2.18. The number of amides is 1. The van der Waals surface area contributed by atoms with Crippen LogP contribution in [0.25, 0.3) is 22.6 Å². The molecule has 4 N–H and O–H groups in total. The van der Waals surface area contributed by atoms with Gasteiger partial charge in [0.25, 0.3) is 5.91 Å². The van der Waals surface area contributed by atoms with E-state index in [9.17, 15) is 10.1 Å². The average Bonchev–Trinajstić information content (AvgIpc) is 3.27. The van der Waals surface area contributed by atoms with Crippen LogP contribution >= 0.6 is 27.5 Å². The molecule has 0 radical (unpaired) electrons. The van der Waals surface area contributed by atoms with Crippen LogP contribution < -0.4 is 11.5 Å². The highest BCUT2D eigenvalue weighted by molar-refractivity contribution is 9.10. The normalized spacial score (nSPS) is 11.5.